The van der Waals surface area contributed by atoms with E-state index in [0.717, 1.165) is 11.1 Å². The molecule has 1 aromatic carbocycles. The summed E-state index contributed by atoms with van der Waals surface area (Å²) in [4.78, 5) is 16.2. The maximum Gasteiger partial charge on any atom is 0.244 e. The maximum atomic E-state index is 13.1. The molecule has 1 atom stereocenters. The molecule has 1 unspecified atom stereocenters. The van der Waals surface area contributed by atoms with Gasteiger partial charge in [-0.25, -0.2) is 4.39 Å². The van der Waals surface area contributed by atoms with Crippen molar-refractivity contribution >= 4 is 5.91 Å². The molecule has 0 fully saturated rings. The minimum atomic E-state index is -0.442. The Morgan fingerprint density at radius 1 is 1.27 bits per heavy atom. The molecule has 0 saturated heterocycles. The lowest BCUT2D eigenvalue weighted by Gasteiger charge is -2.28. The fourth-order valence-corrected chi connectivity index (χ4v) is 2.42. The van der Waals surface area contributed by atoms with E-state index in [1.807, 2.05) is 32.2 Å². The third-order valence-corrected chi connectivity index (χ3v) is 3.49. The number of nitrogens with zero attached hydrogens (tertiary/aromatic N) is 4. The molecule has 0 aliphatic heterocycles. The fraction of sp³-hybridized carbons (Fsp3) is 0.375. The van der Waals surface area contributed by atoms with Crippen LogP contribution < -0.4 is 0 Å². The summed E-state index contributed by atoms with van der Waals surface area (Å²) >= 11 is 0. The van der Waals surface area contributed by atoms with Crippen molar-refractivity contribution in [2.24, 2.45) is 7.05 Å². The van der Waals surface area contributed by atoms with Crippen LogP contribution in [0.15, 0.2) is 36.7 Å². The van der Waals surface area contributed by atoms with Gasteiger partial charge in [-0.05, 0) is 31.8 Å². The summed E-state index contributed by atoms with van der Waals surface area (Å²) in [5.41, 5.74) is 1.74. The normalized spacial score (nSPS) is 12.5. The van der Waals surface area contributed by atoms with Gasteiger partial charge in [-0.1, -0.05) is 12.1 Å². The Hall–Kier alpha value is -2.21. The van der Waals surface area contributed by atoms with Crippen LogP contribution in [0.1, 0.15) is 17.2 Å². The minimum absolute atomic E-state index is 0.0412. The number of likely N-dealkylation sites (N-methyl/N-ethyl adjacent to an activating group) is 2. The van der Waals surface area contributed by atoms with Crippen LogP contribution in [0.5, 0.6) is 0 Å². The lowest BCUT2D eigenvalue weighted by molar-refractivity contribution is -0.135. The summed E-state index contributed by atoms with van der Waals surface area (Å²) in [6.45, 7) is 0.484. The minimum Gasteiger partial charge on any atom is -0.340 e. The van der Waals surface area contributed by atoms with Gasteiger partial charge < -0.3 is 4.90 Å². The van der Waals surface area contributed by atoms with E-state index in [-0.39, 0.29) is 11.7 Å². The first-order valence-electron chi connectivity index (χ1n) is 7.03. The second-order valence-electron chi connectivity index (χ2n) is 5.63. The van der Waals surface area contributed by atoms with E-state index in [1.165, 1.54) is 12.1 Å². The van der Waals surface area contributed by atoms with Crippen molar-refractivity contribution in [1.82, 2.24) is 19.6 Å². The highest BCUT2D eigenvalue weighted by atomic mass is 19.1. The second kappa shape index (κ2) is 6.70. The van der Waals surface area contributed by atoms with Gasteiger partial charge in [0.2, 0.25) is 5.91 Å². The summed E-state index contributed by atoms with van der Waals surface area (Å²) in [5.74, 6) is -0.349. The third-order valence-electron chi connectivity index (χ3n) is 3.49. The van der Waals surface area contributed by atoms with Crippen molar-refractivity contribution < 1.29 is 9.18 Å². The molecule has 0 aliphatic carbocycles. The Balaban J connectivity index is 2.17. The van der Waals surface area contributed by atoms with Crippen molar-refractivity contribution in [2.45, 2.75) is 12.6 Å². The van der Waals surface area contributed by atoms with Crippen molar-refractivity contribution in [1.29, 1.82) is 0 Å². The van der Waals surface area contributed by atoms with Crippen LogP contribution >= 0.6 is 0 Å². The van der Waals surface area contributed by atoms with Crippen LogP contribution in [0.4, 0.5) is 4.39 Å². The zero-order chi connectivity index (χ0) is 16.3. The number of hydrogen-bond donors (Lipinski definition) is 0. The van der Waals surface area contributed by atoms with Crippen molar-refractivity contribution in [3.8, 4) is 0 Å². The largest absolute Gasteiger partial charge is 0.340 e. The Morgan fingerprint density at radius 3 is 2.41 bits per heavy atom. The van der Waals surface area contributed by atoms with Gasteiger partial charge in [-0.2, -0.15) is 5.10 Å². The quantitative estimate of drug-likeness (QED) is 0.846. The van der Waals surface area contributed by atoms with Crippen LogP contribution in [-0.4, -0.2) is 46.6 Å². The molecule has 5 nitrogen and oxygen atoms in total. The predicted molar refractivity (Wildman–Crippen MR) is 82.5 cm³/mol. The van der Waals surface area contributed by atoms with Crippen molar-refractivity contribution in [2.75, 3.05) is 21.1 Å². The molecule has 0 saturated carbocycles. The predicted octanol–water partition coefficient (Wildman–Crippen LogP) is 1.82. The highest BCUT2D eigenvalue weighted by Gasteiger charge is 2.26. The molecule has 0 spiro atoms. The number of carbonyl (C=O) groups is 1. The fourth-order valence-electron chi connectivity index (χ4n) is 2.42. The molecule has 22 heavy (non-hydrogen) atoms. The van der Waals surface area contributed by atoms with Crippen molar-refractivity contribution in [3.05, 3.63) is 53.6 Å². The number of rotatable bonds is 5. The van der Waals surface area contributed by atoms with Gasteiger partial charge in [-0.15, -0.1) is 0 Å². The van der Waals surface area contributed by atoms with E-state index in [1.54, 1.807) is 35.0 Å². The lowest BCUT2D eigenvalue weighted by atomic mass is 10.0. The number of aromatic nitrogens is 2. The second-order valence-corrected chi connectivity index (χ2v) is 5.63. The van der Waals surface area contributed by atoms with E-state index >= 15 is 0 Å². The SMILES string of the molecule is CN(Cc1cnn(C)c1)C(=O)C(c1ccc(F)cc1)N(C)C. The monoisotopic (exact) mass is 304 g/mol. The molecule has 0 N–H and O–H groups in total. The van der Waals surface area contributed by atoms with Gasteiger partial charge in [0.05, 0.1) is 6.20 Å². The average Bonchev–Trinajstić information content (AvgIpc) is 2.86. The Morgan fingerprint density at radius 2 is 1.91 bits per heavy atom. The number of halogens is 1. The molecular weight excluding hydrogens is 283 g/mol. The number of hydrogen-bond acceptors (Lipinski definition) is 3. The summed E-state index contributed by atoms with van der Waals surface area (Å²) < 4.78 is 14.8. The van der Waals surface area contributed by atoms with Gasteiger partial charge >= 0.3 is 0 Å². The first-order valence-corrected chi connectivity index (χ1v) is 7.03. The molecule has 1 amide bonds. The smallest absolute Gasteiger partial charge is 0.244 e. The van der Waals surface area contributed by atoms with E-state index < -0.39 is 6.04 Å². The van der Waals surface area contributed by atoms with Crippen LogP contribution in [0.25, 0.3) is 0 Å². The summed E-state index contributed by atoms with van der Waals surface area (Å²) in [6, 6.07) is 5.61. The summed E-state index contributed by atoms with van der Waals surface area (Å²) in [7, 11) is 7.27. The molecule has 6 heteroatoms. The van der Waals surface area contributed by atoms with Gasteiger partial charge in [0, 0.05) is 32.4 Å². The number of carbonyl (C=O) groups excluding carboxylic acids is 1. The molecule has 0 radical (unpaired) electrons. The van der Waals surface area contributed by atoms with Gasteiger partial charge in [0.15, 0.2) is 0 Å². The van der Waals surface area contributed by atoms with E-state index in [9.17, 15) is 9.18 Å². The highest BCUT2D eigenvalue weighted by molar-refractivity contribution is 5.83. The van der Waals surface area contributed by atoms with Crippen LogP contribution in [-0.2, 0) is 18.4 Å². The number of amides is 1. The van der Waals surface area contributed by atoms with E-state index in [0.29, 0.717) is 6.54 Å². The van der Waals surface area contributed by atoms with Crippen LogP contribution in [0.3, 0.4) is 0 Å². The standard InChI is InChI=1S/C16H21FN4O/c1-19(2)15(13-5-7-14(17)8-6-13)16(22)20(3)10-12-9-18-21(4)11-12/h5-9,11,15H,10H2,1-4H3. The van der Waals surface area contributed by atoms with Crippen LogP contribution in [0, 0.1) is 5.82 Å². The first-order chi connectivity index (χ1) is 10.4. The molecule has 0 aliphatic rings. The summed E-state index contributed by atoms with van der Waals surface area (Å²) in [6.07, 6.45) is 3.62. The molecule has 1 aromatic heterocycles. The maximum absolute atomic E-state index is 13.1. The van der Waals surface area contributed by atoms with Gasteiger partial charge in [0.1, 0.15) is 11.9 Å². The highest BCUT2D eigenvalue weighted by Crippen LogP contribution is 2.21. The Labute approximate surface area is 129 Å². The molecule has 1 heterocycles. The Kier molecular flexibility index (Phi) is 4.92. The first kappa shape index (κ1) is 16.2. The Bertz CT molecular complexity index is 636. The number of benzene rings is 1. The molecule has 2 rings (SSSR count). The molecule has 2 aromatic rings. The average molecular weight is 304 g/mol. The van der Waals surface area contributed by atoms with E-state index in [4.69, 9.17) is 0 Å². The van der Waals surface area contributed by atoms with E-state index in [2.05, 4.69) is 5.10 Å². The lowest BCUT2D eigenvalue weighted by Crippen LogP contribution is -2.38. The number of aryl methyl sites for hydroxylation is 1. The molecule has 118 valence electrons. The van der Waals surface area contributed by atoms with Gasteiger partial charge in [0.25, 0.3) is 0 Å². The molecular formula is C16H21FN4O. The van der Waals surface area contributed by atoms with Crippen molar-refractivity contribution in [3.63, 3.8) is 0 Å². The van der Waals surface area contributed by atoms with Crippen LogP contribution in [0.2, 0.25) is 0 Å². The zero-order valence-electron chi connectivity index (χ0n) is 13.3. The molecule has 0 bridgehead atoms. The summed E-state index contributed by atoms with van der Waals surface area (Å²) in [5, 5.41) is 4.10. The topological polar surface area (TPSA) is 41.4 Å². The zero-order valence-corrected chi connectivity index (χ0v) is 13.3. The third kappa shape index (κ3) is 3.71. The van der Waals surface area contributed by atoms with Gasteiger partial charge in [-0.3, -0.25) is 14.4 Å².